The highest BCUT2D eigenvalue weighted by Crippen LogP contribution is 2.22. The number of ether oxygens (including phenoxy) is 1. The first kappa shape index (κ1) is 27.9. The number of hydrogen-bond acceptors (Lipinski definition) is 8. The van der Waals surface area contributed by atoms with Crippen LogP contribution in [0.1, 0.15) is 11.3 Å². The molecule has 1 aliphatic heterocycles. The van der Waals surface area contributed by atoms with Crippen LogP contribution in [0.2, 0.25) is 0 Å². The lowest BCUT2D eigenvalue weighted by molar-refractivity contribution is -0.143. The molecule has 0 spiro atoms. The van der Waals surface area contributed by atoms with Gasteiger partial charge < -0.3 is 9.84 Å². The van der Waals surface area contributed by atoms with Crippen molar-refractivity contribution in [2.24, 2.45) is 0 Å². The average Bonchev–Trinajstić information content (AvgIpc) is 2.87. The molecule has 1 aliphatic rings. The zero-order chi connectivity index (χ0) is 27.5. The molecule has 0 bridgehead atoms. The van der Waals surface area contributed by atoms with E-state index in [4.69, 9.17) is 4.74 Å². The third kappa shape index (κ3) is 6.66. The zero-order valence-electron chi connectivity index (χ0n) is 21.1. The van der Waals surface area contributed by atoms with E-state index in [0.717, 1.165) is 28.4 Å². The molecule has 2 aromatic carbocycles. The highest BCUT2D eigenvalue weighted by molar-refractivity contribution is 7.89. The first-order valence-corrected chi connectivity index (χ1v) is 15.3. The third-order valence-electron chi connectivity index (χ3n) is 6.39. The number of aryl methyl sites for hydroxylation is 1. The quantitative estimate of drug-likeness (QED) is 0.375. The van der Waals surface area contributed by atoms with Gasteiger partial charge in [0.25, 0.3) is 0 Å². The van der Waals surface area contributed by atoms with Gasteiger partial charge in [0, 0.05) is 49.4 Å². The Morgan fingerprint density at radius 3 is 2.34 bits per heavy atom. The van der Waals surface area contributed by atoms with Gasteiger partial charge in [-0.25, -0.2) is 21.6 Å². The smallest absolute Gasteiger partial charge is 0.322 e. The fourth-order valence-electron chi connectivity index (χ4n) is 4.38. The van der Waals surface area contributed by atoms with E-state index >= 15 is 0 Å². The molecule has 2 N–H and O–H groups in total. The predicted molar refractivity (Wildman–Crippen MR) is 142 cm³/mol. The number of nitrogens with zero attached hydrogens (tertiary/aromatic N) is 3. The second-order valence-electron chi connectivity index (χ2n) is 9.10. The minimum Gasteiger partial charge on any atom is -0.489 e. The van der Waals surface area contributed by atoms with Crippen LogP contribution < -0.4 is 9.46 Å². The lowest BCUT2D eigenvalue weighted by atomic mass is 10.1. The second kappa shape index (κ2) is 11.3. The topological polar surface area (TPSA) is 146 Å². The summed E-state index contributed by atoms with van der Waals surface area (Å²) in [6, 6.07) is 14.5. The molecule has 3 aromatic rings. The van der Waals surface area contributed by atoms with Crippen LogP contribution in [0.25, 0.3) is 10.9 Å². The van der Waals surface area contributed by atoms with Crippen LogP contribution in [0, 0.1) is 6.92 Å². The summed E-state index contributed by atoms with van der Waals surface area (Å²) < 4.78 is 58.6. The Morgan fingerprint density at radius 1 is 1.05 bits per heavy atom. The Balaban J connectivity index is 1.37. The minimum atomic E-state index is -3.99. The molecular formula is C25H30N4O7S2. The number of benzene rings is 2. The van der Waals surface area contributed by atoms with Crippen LogP contribution >= 0.6 is 0 Å². The van der Waals surface area contributed by atoms with Crippen molar-refractivity contribution in [3.8, 4) is 5.75 Å². The predicted octanol–water partition coefficient (Wildman–Crippen LogP) is 1.43. The van der Waals surface area contributed by atoms with Crippen LogP contribution in [0.3, 0.4) is 0 Å². The molecule has 4 rings (SSSR count). The summed E-state index contributed by atoms with van der Waals surface area (Å²) >= 11 is 0. The molecule has 0 radical (unpaired) electrons. The summed E-state index contributed by atoms with van der Waals surface area (Å²) in [6.45, 7) is 2.49. The Morgan fingerprint density at radius 2 is 1.71 bits per heavy atom. The van der Waals surface area contributed by atoms with Gasteiger partial charge in [-0.15, -0.1) is 0 Å². The van der Waals surface area contributed by atoms with E-state index in [1.54, 1.807) is 17.0 Å². The van der Waals surface area contributed by atoms with E-state index in [-0.39, 0.29) is 44.2 Å². The molecular weight excluding hydrogens is 532 g/mol. The lowest BCUT2D eigenvalue weighted by Gasteiger charge is -2.36. The van der Waals surface area contributed by atoms with Gasteiger partial charge in [-0.1, -0.05) is 18.2 Å². The van der Waals surface area contributed by atoms with Crippen molar-refractivity contribution < 1.29 is 31.5 Å². The average molecular weight is 563 g/mol. The van der Waals surface area contributed by atoms with Crippen LogP contribution in [-0.4, -0.2) is 87.1 Å². The van der Waals surface area contributed by atoms with Crippen molar-refractivity contribution in [3.63, 3.8) is 0 Å². The first-order valence-electron chi connectivity index (χ1n) is 11.9. The molecule has 0 aliphatic carbocycles. The number of carboxylic acid groups (broad SMARTS) is 1. The van der Waals surface area contributed by atoms with Gasteiger partial charge in [0.1, 0.15) is 18.4 Å². The number of carbonyl (C=O) groups is 1. The van der Waals surface area contributed by atoms with Crippen molar-refractivity contribution >= 4 is 36.9 Å². The summed E-state index contributed by atoms with van der Waals surface area (Å²) in [7, 11) is -7.36. The van der Waals surface area contributed by atoms with Gasteiger partial charge in [-0.2, -0.15) is 4.31 Å². The first-order chi connectivity index (χ1) is 17.9. The molecule has 13 heteroatoms. The number of sulfonamides is 2. The van der Waals surface area contributed by atoms with E-state index in [0.29, 0.717) is 5.75 Å². The van der Waals surface area contributed by atoms with Crippen LogP contribution in [-0.2, 0) is 31.4 Å². The highest BCUT2D eigenvalue weighted by atomic mass is 32.2. The molecule has 0 amide bonds. The van der Waals surface area contributed by atoms with Crippen LogP contribution in [0.5, 0.6) is 5.75 Å². The highest BCUT2D eigenvalue weighted by Gasteiger charge is 2.32. The van der Waals surface area contributed by atoms with Gasteiger partial charge in [0.15, 0.2) is 0 Å². The summed E-state index contributed by atoms with van der Waals surface area (Å²) in [5.41, 5.74) is 2.70. The number of rotatable bonds is 10. The van der Waals surface area contributed by atoms with Gasteiger partial charge in [0.05, 0.1) is 16.7 Å². The summed E-state index contributed by atoms with van der Waals surface area (Å²) in [5, 5.41) is 10.6. The lowest BCUT2D eigenvalue weighted by Crippen LogP contribution is -2.56. The molecule has 1 fully saturated rings. The number of pyridine rings is 1. The largest absolute Gasteiger partial charge is 0.489 e. The van der Waals surface area contributed by atoms with Crippen molar-refractivity contribution in [2.75, 3.05) is 39.0 Å². The molecule has 204 valence electrons. The standard InChI is InChI=1S/C25H30N4O7S2/c1-18-15-19(22-5-3-4-6-23(22)27-18)17-36-20-7-9-21(10-8-20)38(34,35)26-16-24(25(30)31)28-11-13-29(14-12-28)37(2,32)33/h3-10,15,24,26H,11-14,16-17H2,1-2H3,(H,30,31)/t24-/m1/s1. The number of carboxylic acids is 1. The van der Waals surface area contributed by atoms with Crippen molar-refractivity contribution in [1.82, 2.24) is 18.9 Å². The Kier molecular flexibility index (Phi) is 8.33. The maximum absolute atomic E-state index is 12.8. The number of nitrogens with one attached hydrogen (secondary N) is 1. The van der Waals surface area contributed by atoms with Gasteiger partial charge in [-0.3, -0.25) is 14.7 Å². The molecule has 0 saturated carbocycles. The molecule has 2 heterocycles. The summed E-state index contributed by atoms with van der Waals surface area (Å²) in [6.07, 6.45) is 1.10. The third-order valence-corrected chi connectivity index (χ3v) is 9.14. The van der Waals surface area contributed by atoms with Crippen molar-refractivity contribution in [1.29, 1.82) is 0 Å². The molecule has 11 nitrogen and oxygen atoms in total. The zero-order valence-corrected chi connectivity index (χ0v) is 22.7. The van der Waals surface area contributed by atoms with Gasteiger partial charge in [-0.05, 0) is 43.3 Å². The fourth-order valence-corrected chi connectivity index (χ4v) is 6.25. The SMILES string of the molecule is Cc1cc(COc2ccc(S(=O)(=O)NC[C@H](C(=O)O)N3CCN(S(C)(=O)=O)CC3)cc2)c2ccccc2n1. The fraction of sp³-hybridized carbons (Fsp3) is 0.360. The Hall–Kier alpha value is -3.10. The number of aliphatic carboxylic acids is 1. The molecule has 1 saturated heterocycles. The minimum absolute atomic E-state index is 0.0268. The number of piperazine rings is 1. The van der Waals surface area contributed by atoms with Crippen LogP contribution in [0.15, 0.2) is 59.5 Å². The second-order valence-corrected chi connectivity index (χ2v) is 12.9. The maximum Gasteiger partial charge on any atom is 0.322 e. The van der Waals surface area contributed by atoms with Crippen molar-refractivity contribution in [3.05, 3.63) is 65.9 Å². The van der Waals surface area contributed by atoms with E-state index in [9.17, 15) is 26.7 Å². The van der Waals surface area contributed by atoms with Gasteiger partial charge in [0.2, 0.25) is 20.0 Å². The number of fused-ring (bicyclic) bond motifs is 1. The van der Waals surface area contributed by atoms with E-state index in [1.165, 1.54) is 16.4 Å². The molecule has 1 atom stereocenters. The van der Waals surface area contributed by atoms with Crippen molar-refractivity contribution in [2.45, 2.75) is 24.5 Å². The van der Waals surface area contributed by atoms with Crippen LogP contribution in [0.4, 0.5) is 0 Å². The Bertz CT molecular complexity index is 1520. The molecule has 38 heavy (non-hydrogen) atoms. The van der Waals surface area contributed by atoms with Gasteiger partial charge >= 0.3 is 5.97 Å². The molecule has 0 unspecified atom stereocenters. The number of aromatic nitrogens is 1. The number of para-hydroxylation sites is 1. The molecule has 1 aromatic heterocycles. The summed E-state index contributed by atoms with van der Waals surface area (Å²) in [5.74, 6) is -0.710. The monoisotopic (exact) mass is 562 g/mol. The van der Waals surface area contributed by atoms with E-state index < -0.39 is 32.1 Å². The Labute approximate surface area is 222 Å². The maximum atomic E-state index is 12.8. The van der Waals surface area contributed by atoms with E-state index in [1.807, 2.05) is 37.3 Å². The normalized spacial score (nSPS) is 16.4. The number of hydrogen-bond donors (Lipinski definition) is 2. The summed E-state index contributed by atoms with van der Waals surface area (Å²) in [4.78, 5) is 17.9. The van der Waals surface area contributed by atoms with E-state index in [2.05, 4.69) is 9.71 Å².